The molecule has 1 aromatic carbocycles. The van der Waals surface area contributed by atoms with Crippen LogP contribution in [0.1, 0.15) is 0 Å². The molecule has 2 N–H and O–H groups in total. The average Bonchev–Trinajstić information content (AvgIpc) is 2.20. The van der Waals surface area contributed by atoms with Crippen LogP contribution in [0, 0.1) is 6.07 Å². The highest BCUT2D eigenvalue weighted by Crippen LogP contribution is 2.22. The minimum Gasteiger partial charge on any atom is -0.383 e. The Balaban J connectivity index is 2.54. The number of aromatic nitrogens is 1. The van der Waals surface area contributed by atoms with Crippen LogP contribution in [0.4, 0.5) is 5.82 Å². The molecule has 2 rings (SSSR count). The van der Waals surface area contributed by atoms with Gasteiger partial charge in [0, 0.05) is 17.8 Å². The molecule has 1 radical (unpaired) electrons. The number of benzene rings is 1. The first kappa shape index (κ1) is 7.80. The molecule has 0 bridgehead atoms. The molecule has 0 aliphatic heterocycles. The van der Waals surface area contributed by atoms with Gasteiger partial charge in [0.2, 0.25) is 0 Å². The van der Waals surface area contributed by atoms with Crippen molar-refractivity contribution < 1.29 is 0 Å². The molecule has 0 saturated carbocycles. The zero-order valence-corrected chi connectivity index (χ0v) is 7.07. The van der Waals surface area contributed by atoms with Crippen LogP contribution in [-0.4, -0.2) is 4.98 Å². The van der Waals surface area contributed by atoms with Crippen LogP contribution < -0.4 is 5.73 Å². The molecule has 0 aliphatic carbocycles. The van der Waals surface area contributed by atoms with Gasteiger partial charge in [-0.05, 0) is 11.6 Å². The molecule has 13 heavy (non-hydrogen) atoms. The summed E-state index contributed by atoms with van der Waals surface area (Å²) < 4.78 is 0. The maximum absolute atomic E-state index is 5.72. The molecule has 2 nitrogen and oxygen atoms in total. The van der Waals surface area contributed by atoms with E-state index in [0.29, 0.717) is 5.82 Å². The summed E-state index contributed by atoms with van der Waals surface area (Å²) in [4.78, 5) is 3.98. The van der Waals surface area contributed by atoms with Gasteiger partial charge in [-0.2, -0.15) is 0 Å². The number of rotatable bonds is 1. The zero-order chi connectivity index (χ0) is 9.10. The lowest BCUT2D eigenvalue weighted by Crippen LogP contribution is -1.92. The molecule has 0 unspecified atom stereocenters. The van der Waals surface area contributed by atoms with Gasteiger partial charge in [-0.1, -0.05) is 30.3 Å². The molecule has 63 valence electrons. The Morgan fingerprint density at radius 3 is 2.62 bits per heavy atom. The first-order chi connectivity index (χ1) is 6.38. The summed E-state index contributed by atoms with van der Waals surface area (Å²) in [6.45, 7) is 0. The summed E-state index contributed by atoms with van der Waals surface area (Å²) >= 11 is 0. The number of pyridine rings is 1. The predicted octanol–water partition coefficient (Wildman–Crippen LogP) is 2.13. The molecule has 1 aromatic heterocycles. The number of nitrogens with zero attached hydrogens (tertiary/aromatic N) is 1. The van der Waals surface area contributed by atoms with Crippen molar-refractivity contribution in [3.05, 3.63) is 48.7 Å². The molecule has 0 aliphatic rings. The molecule has 0 atom stereocenters. The van der Waals surface area contributed by atoms with Gasteiger partial charge in [0.1, 0.15) is 5.82 Å². The van der Waals surface area contributed by atoms with Gasteiger partial charge in [0.05, 0.1) is 0 Å². The predicted molar refractivity (Wildman–Crippen MR) is 52.9 cm³/mol. The van der Waals surface area contributed by atoms with Crippen molar-refractivity contribution >= 4 is 5.82 Å². The second-order valence-corrected chi connectivity index (χ2v) is 2.73. The summed E-state index contributed by atoms with van der Waals surface area (Å²) in [5.41, 5.74) is 7.73. The normalized spacial score (nSPS) is 9.85. The summed E-state index contributed by atoms with van der Waals surface area (Å²) in [5.74, 6) is 0.546. The summed E-state index contributed by atoms with van der Waals surface area (Å²) in [7, 11) is 0. The van der Waals surface area contributed by atoms with Crippen LogP contribution in [0.5, 0.6) is 0 Å². The average molecular weight is 169 g/mol. The van der Waals surface area contributed by atoms with Crippen molar-refractivity contribution in [1.29, 1.82) is 0 Å². The third kappa shape index (κ3) is 1.51. The molecule has 1 heterocycles. The maximum Gasteiger partial charge on any atom is 0.131 e. The van der Waals surface area contributed by atoms with Crippen LogP contribution >= 0.6 is 0 Å². The lowest BCUT2D eigenvalue weighted by Gasteiger charge is -2.02. The monoisotopic (exact) mass is 169 g/mol. The minimum absolute atomic E-state index is 0.546. The van der Waals surface area contributed by atoms with Gasteiger partial charge < -0.3 is 5.73 Å². The Hall–Kier alpha value is -1.83. The first-order valence-corrected chi connectivity index (χ1v) is 4.05. The Morgan fingerprint density at radius 1 is 1.15 bits per heavy atom. The minimum atomic E-state index is 0.546. The van der Waals surface area contributed by atoms with Crippen LogP contribution in [0.3, 0.4) is 0 Å². The van der Waals surface area contributed by atoms with E-state index in [2.05, 4.69) is 11.1 Å². The zero-order valence-electron chi connectivity index (χ0n) is 7.07. The largest absolute Gasteiger partial charge is 0.383 e. The van der Waals surface area contributed by atoms with Crippen molar-refractivity contribution in [1.82, 2.24) is 4.98 Å². The van der Waals surface area contributed by atoms with Crippen molar-refractivity contribution in [2.24, 2.45) is 0 Å². The SMILES string of the molecule is Nc1nc[c]cc1-c1ccccc1. The van der Waals surface area contributed by atoms with E-state index in [4.69, 9.17) is 5.73 Å². The van der Waals surface area contributed by atoms with Crippen LogP contribution in [0.2, 0.25) is 0 Å². The topological polar surface area (TPSA) is 38.9 Å². The number of hydrogen-bond donors (Lipinski definition) is 1. The fourth-order valence-corrected chi connectivity index (χ4v) is 1.22. The lowest BCUT2D eigenvalue weighted by molar-refractivity contribution is 1.33. The van der Waals surface area contributed by atoms with Crippen LogP contribution in [0.25, 0.3) is 11.1 Å². The van der Waals surface area contributed by atoms with E-state index >= 15 is 0 Å². The van der Waals surface area contributed by atoms with Crippen molar-refractivity contribution in [2.75, 3.05) is 5.73 Å². The number of anilines is 1. The highest BCUT2D eigenvalue weighted by Gasteiger charge is 2.00. The van der Waals surface area contributed by atoms with E-state index < -0.39 is 0 Å². The number of nitrogen functional groups attached to an aromatic ring is 1. The van der Waals surface area contributed by atoms with E-state index in [1.165, 1.54) is 0 Å². The van der Waals surface area contributed by atoms with Crippen molar-refractivity contribution in [3.63, 3.8) is 0 Å². The second-order valence-electron chi connectivity index (χ2n) is 2.73. The van der Waals surface area contributed by atoms with Crippen LogP contribution in [-0.2, 0) is 0 Å². The summed E-state index contributed by atoms with van der Waals surface area (Å²) in [5, 5.41) is 0. The van der Waals surface area contributed by atoms with E-state index in [1.54, 1.807) is 6.20 Å². The third-order valence-electron chi connectivity index (χ3n) is 1.87. The lowest BCUT2D eigenvalue weighted by atomic mass is 10.1. The fourth-order valence-electron chi connectivity index (χ4n) is 1.22. The molecule has 0 amide bonds. The van der Waals surface area contributed by atoms with E-state index in [0.717, 1.165) is 11.1 Å². The molecule has 0 spiro atoms. The standard InChI is InChI=1S/C11H9N2/c12-11-10(7-4-8-13-11)9-5-2-1-3-6-9/h1-3,5-8H,(H2,12,13). The van der Waals surface area contributed by atoms with E-state index in [-0.39, 0.29) is 0 Å². The van der Waals surface area contributed by atoms with E-state index in [1.807, 2.05) is 36.4 Å². The van der Waals surface area contributed by atoms with Gasteiger partial charge in [-0.25, -0.2) is 4.98 Å². The maximum atomic E-state index is 5.72. The Bertz CT molecular complexity index is 396. The fraction of sp³-hybridized carbons (Fsp3) is 0. The highest BCUT2D eigenvalue weighted by atomic mass is 14.8. The highest BCUT2D eigenvalue weighted by molar-refractivity contribution is 5.72. The van der Waals surface area contributed by atoms with Gasteiger partial charge in [-0.3, -0.25) is 0 Å². The Kier molecular flexibility index (Phi) is 1.96. The molecule has 0 fully saturated rings. The smallest absolute Gasteiger partial charge is 0.131 e. The van der Waals surface area contributed by atoms with Gasteiger partial charge >= 0.3 is 0 Å². The quantitative estimate of drug-likeness (QED) is 0.710. The molecular weight excluding hydrogens is 160 g/mol. The number of hydrogen-bond acceptors (Lipinski definition) is 2. The summed E-state index contributed by atoms with van der Waals surface area (Å²) in [6.07, 6.45) is 1.57. The third-order valence-corrected chi connectivity index (χ3v) is 1.87. The first-order valence-electron chi connectivity index (χ1n) is 4.05. The van der Waals surface area contributed by atoms with Gasteiger partial charge in [0.25, 0.3) is 0 Å². The Morgan fingerprint density at radius 2 is 1.92 bits per heavy atom. The van der Waals surface area contributed by atoms with Crippen LogP contribution in [0.15, 0.2) is 42.6 Å². The van der Waals surface area contributed by atoms with Gasteiger partial charge in [-0.15, -0.1) is 0 Å². The second kappa shape index (κ2) is 3.27. The molecule has 0 saturated heterocycles. The number of nitrogens with two attached hydrogens (primary N) is 1. The van der Waals surface area contributed by atoms with Crippen molar-refractivity contribution in [3.8, 4) is 11.1 Å². The van der Waals surface area contributed by atoms with E-state index in [9.17, 15) is 0 Å². The molecular formula is C11H9N2. The Labute approximate surface area is 77.0 Å². The molecule has 2 aromatic rings. The molecule has 2 heteroatoms. The van der Waals surface area contributed by atoms with Gasteiger partial charge in [0.15, 0.2) is 0 Å². The van der Waals surface area contributed by atoms with Crippen molar-refractivity contribution in [2.45, 2.75) is 0 Å². The summed E-state index contributed by atoms with van der Waals surface area (Å²) in [6, 6.07) is 14.7.